The molecule has 1 aliphatic carbocycles. The molecule has 2 amide bonds. The number of hydrogen-bond donors (Lipinski definition) is 0. The number of aromatic nitrogens is 2. The van der Waals surface area contributed by atoms with Crippen LogP contribution in [0.2, 0.25) is 0 Å². The Balaban J connectivity index is 1.28. The quantitative estimate of drug-likeness (QED) is 0.230. The minimum atomic E-state index is -0.115. The molecule has 2 aliphatic heterocycles. The van der Waals surface area contributed by atoms with Gasteiger partial charge in [-0.2, -0.15) is 9.43 Å². The van der Waals surface area contributed by atoms with E-state index in [1.54, 1.807) is 11.8 Å². The maximum Gasteiger partial charge on any atom is 0.277 e. The lowest BCUT2D eigenvalue weighted by molar-refractivity contribution is -0.160. The molecule has 10 heteroatoms. The monoisotopic (exact) mass is 534 g/mol. The van der Waals surface area contributed by atoms with Gasteiger partial charge < -0.3 is 14.5 Å². The molecule has 3 aromatic rings. The molecule has 3 heterocycles. The minimum absolute atomic E-state index is 0.0536. The number of carbonyl (C=O) groups is 2. The largest absolute Gasteiger partial charge is 0.497 e. The third-order valence-electron chi connectivity index (χ3n) is 7.79. The fraction of sp³-hybridized carbons (Fsp3) is 0.393. The van der Waals surface area contributed by atoms with Gasteiger partial charge in [0.15, 0.2) is 5.03 Å². The number of nitrogens with zero attached hydrogens (tertiary/aromatic N) is 4. The van der Waals surface area contributed by atoms with E-state index in [0.29, 0.717) is 30.1 Å². The summed E-state index contributed by atoms with van der Waals surface area (Å²) in [5.74, 6) is 0.877. The highest BCUT2D eigenvalue weighted by atomic mass is 32.2. The van der Waals surface area contributed by atoms with Crippen molar-refractivity contribution in [3.05, 3.63) is 65.4 Å². The van der Waals surface area contributed by atoms with Crippen molar-refractivity contribution in [3.63, 3.8) is 0 Å². The van der Waals surface area contributed by atoms with E-state index in [1.807, 2.05) is 46.2 Å². The summed E-state index contributed by atoms with van der Waals surface area (Å²) in [7, 11) is 3.05. The van der Waals surface area contributed by atoms with Gasteiger partial charge in [-0.25, -0.2) is 9.57 Å². The summed E-state index contributed by atoms with van der Waals surface area (Å²) < 4.78 is 12.1. The zero-order valence-corrected chi connectivity index (χ0v) is 22.3. The summed E-state index contributed by atoms with van der Waals surface area (Å²) in [6.45, 7) is 2.19. The van der Waals surface area contributed by atoms with E-state index in [1.165, 1.54) is 12.7 Å². The molecular formula is C28H30N4O5S. The molecule has 6 rings (SSSR count). The number of benzene rings is 2. The van der Waals surface area contributed by atoms with Crippen LogP contribution in [0.15, 0.2) is 53.6 Å². The van der Waals surface area contributed by atoms with Gasteiger partial charge >= 0.3 is 0 Å². The molecule has 0 N–H and O–H groups in total. The molecule has 1 aromatic heterocycles. The molecular weight excluding hydrogens is 504 g/mol. The maximum absolute atomic E-state index is 13.9. The summed E-state index contributed by atoms with van der Waals surface area (Å²) >= 11 is 1.00. The second kappa shape index (κ2) is 10.1. The first kappa shape index (κ1) is 25.0. The van der Waals surface area contributed by atoms with Crippen LogP contribution in [0.5, 0.6) is 5.75 Å². The highest BCUT2D eigenvalue weighted by Gasteiger charge is 2.46. The van der Waals surface area contributed by atoms with E-state index in [-0.39, 0.29) is 17.2 Å². The van der Waals surface area contributed by atoms with Crippen LogP contribution in [-0.2, 0) is 25.9 Å². The van der Waals surface area contributed by atoms with Gasteiger partial charge in [0.2, 0.25) is 5.91 Å². The molecule has 9 nitrogen and oxygen atoms in total. The maximum atomic E-state index is 13.9. The van der Waals surface area contributed by atoms with Crippen LogP contribution >= 0.6 is 12.0 Å². The number of ether oxygens (including phenoxy) is 1. The molecule has 1 saturated carbocycles. The Kier molecular flexibility index (Phi) is 6.63. The van der Waals surface area contributed by atoms with Crippen LogP contribution in [0.4, 0.5) is 5.69 Å². The predicted octanol–water partition coefficient (Wildman–Crippen LogP) is 4.32. The third-order valence-corrected chi connectivity index (χ3v) is 8.48. The van der Waals surface area contributed by atoms with E-state index >= 15 is 0 Å². The zero-order valence-electron chi connectivity index (χ0n) is 21.5. The fourth-order valence-electron chi connectivity index (χ4n) is 5.54. The lowest BCUT2D eigenvalue weighted by Crippen LogP contribution is -2.39. The van der Waals surface area contributed by atoms with Gasteiger partial charge in [0.25, 0.3) is 5.91 Å². The number of likely N-dealkylation sites (tertiary alicyclic amines) is 1. The smallest absolute Gasteiger partial charge is 0.277 e. The van der Waals surface area contributed by atoms with Gasteiger partial charge in [-0.15, -0.1) is 0 Å². The Morgan fingerprint density at radius 1 is 0.947 bits per heavy atom. The molecule has 0 atom stereocenters. The van der Waals surface area contributed by atoms with Gasteiger partial charge in [-0.1, -0.05) is 12.1 Å². The normalized spacial score (nSPS) is 18.2. The van der Waals surface area contributed by atoms with Gasteiger partial charge in [0, 0.05) is 42.7 Å². The number of fused-ring (bicyclic) bond motifs is 1. The topological polar surface area (TPSA) is 86.1 Å². The minimum Gasteiger partial charge on any atom is -0.497 e. The van der Waals surface area contributed by atoms with Crippen molar-refractivity contribution in [1.29, 1.82) is 0 Å². The molecule has 38 heavy (non-hydrogen) atoms. The predicted molar refractivity (Wildman–Crippen MR) is 143 cm³/mol. The first-order chi connectivity index (χ1) is 18.5. The highest BCUT2D eigenvalue weighted by molar-refractivity contribution is 7.94. The average molecular weight is 535 g/mol. The number of anilines is 1. The Morgan fingerprint density at radius 2 is 1.68 bits per heavy atom. The molecule has 0 spiro atoms. The van der Waals surface area contributed by atoms with Crippen molar-refractivity contribution in [1.82, 2.24) is 14.7 Å². The van der Waals surface area contributed by atoms with Crippen molar-refractivity contribution in [2.24, 2.45) is 0 Å². The Morgan fingerprint density at radius 3 is 2.32 bits per heavy atom. The number of carbonyl (C=O) groups excluding carboxylic acids is 2. The van der Waals surface area contributed by atoms with Crippen molar-refractivity contribution < 1.29 is 23.5 Å². The molecule has 1 saturated heterocycles. The van der Waals surface area contributed by atoms with E-state index < -0.39 is 0 Å². The van der Waals surface area contributed by atoms with Crippen molar-refractivity contribution in [2.45, 2.75) is 42.5 Å². The number of hydrogen-bond acceptors (Lipinski definition) is 7. The SMILES string of the molecule is COOSc1nn(-c2ccc(OC)cc2)c2c1CCN(c1ccc(C3(CN4CCCC4=O)CC3)cc1)C2=O. The van der Waals surface area contributed by atoms with Crippen LogP contribution < -0.4 is 9.64 Å². The lowest BCUT2D eigenvalue weighted by Gasteiger charge is -2.29. The highest BCUT2D eigenvalue weighted by Crippen LogP contribution is 2.49. The van der Waals surface area contributed by atoms with Gasteiger partial charge in [0.1, 0.15) is 11.4 Å². The van der Waals surface area contributed by atoms with Crippen LogP contribution in [-0.4, -0.2) is 60.3 Å². The summed E-state index contributed by atoms with van der Waals surface area (Å²) in [5, 5.41) is 5.30. The first-order valence-electron chi connectivity index (χ1n) is 12.9. The summed E-state index contributed by atoms with van der Waals surface area (Å²) in [5.41, 5.74) is 4.25. The standard InChI is InChI=1S/C28H30N4O5S/c1-35-22-11-9-21(10-12-22)32-25-23(26(29-32)38-37-36-2)13-17-31(27(25)34)20-7-5-19(6-8-20)28(14-15-28)18-30-16-3-4-24(30)33/h5-12H,3-4,13-18H2,1-2H3. The van der Waals surface area contributed by atoms with Crippen molar-refractivity contribution in [3.8, 4) is 11.4 Å². The number of rotatable bonds is 9. The zero-order chi connectivity index (χ0) is 26.3. The van der Waals surface area contributed by atoms with Crippen LogP contribution in [0, 0.1) is 0 Å². The molecule has 0 unspecified atom stereocenters. The molecule has 3 aliphatic rings. The van der Waals surface area contributed by atoms with Crippen LogP contribution in [0.1, 0.15) is 47.3 Å². The summed E-state index contributed by atoms with van der Waals surface area (Å²) in [6.07, 6.45) is 4.44. The number of methoxy groups -OCH3 is 1. The van der Waals surface area contributed by atoms with Crippen LogP contribution in [0.25, 0.3) is 5.69 Å². The molecule has 0 radical (unpaired) electrons. The third kappa shape index (κ3) is 4.46. The van der Waals surface area contributed by atoms with Crippen molar-refractivity contribution >= 4 is 29.5 Å². The van der Waals surface area contributed by atoms with Gasteiger partial charge in [0.05, 0.1) is 31.9 Å². The Bertz CT molecular complexity index is 1350. The first-order valence-corrected chi connectivity index (χ1v) is 13.6. The molecule has 2 fully saturated rings. The molecule has 0 bridgehead atoms. The van der Waals surface area contributed by atoms with Crippen molar-refractivity contribution in [2.75, 3.05) is 38.8 Å². The number of amides is 2. The van der Waals surface area contributed by atoms with Crippen LogP contribution in [0.3, 0.4) is 0 Å². The van der Waals surface area contributed by atoms with E-state index in [2.05, 4.69) is 12.1 Å². The Labute approximate surface area is 225 Å². The Hall–Kier alpha value is -3.34. The molecule has 2 aromatic carbocycles. The summed E-state index contributed by atoms with van der Waals surface area (Å²) in [4.78, 5) is 34.7. The van der Waals surface area contributed by atoms with E-state index in [0.717, 1.165) is 67.1 Å². The lowest BCUT2D eigenvalue weighted by atomic mass is 9.94. The second-order valence-corrected chi connectivity index (χ2v) is 10.7. The summed E-state index contributed by atoms with van der Waals surface area (Å²) in [6, 6.07) is 15.7. The fourth-order valence-corrected chi connectivity index (χ4v) is 6.09. The average Bonchev–Trinajstić information content (AvgIpc) is 3.48. The molecule has 198 valence electrons. The second-order valence-electron chi connectivity index (χ2n) is 10.0. The van der Waals surface area contributed by atoms with E-state index in [9.17, 15) is 9.59 Å². The van der Waals surface area contributed by atoms with Gasteiger partial charge in [-0.3, -0.25) is 9.59 Å². The van der Waals surface area contributed by atoms with E-state index in [4.69, 9.17) is 19.1 Å². The van der Waals surface area contributed by atoms with Gasteiger partial charge in [-0.05, 0) is 67.6 Å².